The predicted octanol–water partition coefficient (Wildman–Crippen LogP) is 0.652. The standard InChI is InChI=1S/C15H24N4O2/c1-15(2,21)11-18-6-8-19(9-7-18)14(20)13-10-12(16-3)4-5-17-13/h4-5,10,21H,6-9,11H2,1-3H3,(H,16,17). The number of β-amino-alcohol motifs (C(OH)–C–C–N with tert-alkyl or cyclic N) is 1. The minimum Gasteiger partial charge on any atom is -0.389 e. The van der Waals surface area contributed by atoms with Gasteiger partial charge in [-0.3, -0.25) is 14.7 Å². The van der Waals surface area contributed by atoms with Gasteiger partial charge in [0.05, 0.1) is 5.60 Å². The molecule has 1 amide bonds. The lowest BCUT2D eigenvalue weighted by Gasteiger charge is -2.37. The van der Waals surface area contributed by atoms with Gasteiger partial charge in [-0.15, -0.1) is 0 Å². The third-order valence-corrected chi connectivity index (χ3v) is 3.54. The molecule has 2 rings (SSSR count). The van der Waals surface area contributed by atoms with Gasteiger partial charge in [0, 0.05) is 51.7 Å². The van der Waals surface area contributed by atoms with Crippen molar-refractivity contribution in [2.24, 2.45) is 0 Å². The first-order valence-electron chi connectivity index (χ1n) is 7.27. The topological polar surface area (TPSA) is 68.7 Å². The van der Waals surface area contributed by atoms with Crippen LogP contribution in [0, 0.1) is 0 Å². The normalized spacial score (nSPS) is 16.9. The number of pyridine rings is 1. The summed E-state index contributed by atoms with van der Waals surface area (Å²) in [4.78, 5) is 20.6. The molecule has 21 heavy (non-hydrogen) atoms. The number of anilines is 1. The molecular weight excluding hydrogens is 268 g/mol. The molecule has 116 valence electrons. The van der Waals surface area contributed by atoms with Gasteiger partial charge in [-0.05, 0) is 26.0 Å². The van der Waals surface area contributed by atoms with Gasteiger partial charge in [0.25, 0.3) is 5.91 Å². The lowest BCUT2D eigenvalue weighted by Crippen LogP contribution is -2.52. The van der Waals surface area contributed by atoms with Crippen LogP contribution < -0.4 is 5.32 Å². The maximum absolute atomic E-state index is 12.4. The SMILES string of the molecule is CNc1ccnc(C(=O)N2CCN(CC(C)(C)O)CC2)c1. The van der Waals surface area contributed by atoms with E-state index < -0.39 is 5.60 Å². The Hall–Kier alpha value is -1.66. The van der Waals surface area contributed by atoms with Gasteiger partial charge >= 0.3 is 0 Å². The average molecular weight is 292 g/mol. The number of rotatable bonds is 4. The molecule has 1 fully saturated rings. The molecule has 0 unspecified atom stereocenters. The number of nitrogens with zero attached hydrogens (tertiary/aromatic N) is 3. The number of piperazine rings is 1. The quantitative estimate of drug-likeness (QED) is 0.853. The molecule has 0 spiro atoms. The lowest BCUT2D eigenvalue weighted by molar-refractivity contribution is 0.0177. The van der Waals surface area contributed by atoms with Gasteiger partial charge in [0.15, 0.2) is 0 Å². The summed E-state index contributed by atoms with van der Waals surface area (Å²) in [5.41, 5.74) is 0.654. The molecule has 2 N–H and O–H groups in total. The van der Waals surface area contributed by atoms with E-state index in [-0.39, 0.29) is 5.91 Å². The first kappa shape index (κ1) is 15.7. The van der Waals surface area contributed by atoms with Gasteiger partial charge in [-0.2, -0.15) is 0 Å². The van der Waals surface area contributed by atoms with Crippen molar-refractivity contribution in [1.82, 2.24) is 14.8 Å². The van der Waals surface area contributed by atoms with Crippen LogP contribution in [-0.4, -0.2) is 71.2 Å². The Balaban J connectivity index is 1.94. The Labute approximate surface area is 125 Å². The Kier molecular flexibility index (Phi) is 4.80. The Morgan fingerprint density at radius 2 is 2.05 bits per heavy atom. The number of aromatic nitrogens is 1. The average Bonchev–Trinajstić information content (AvgIpc) is 2.46. The molecule has 6 heteroatoms. The minimum atomic E-state index is -0.700. The smallest absolute Gasteiger partial charge is 0.272 e. The summed E-state index contributed by atoms with van der Waals surface area (Å²) >= 11 is 0. The summed E-state index contributed by atoms with van der Waals surface area (Å²) < 4.78 is 0. The third kappa shape index (κ3) is 4.41. The van der Waals surface area contributed by atoms with Crippen LogP contribution in [0.3, 0.4) is 0 Å². The van der Waals surface area contributed by atoms with E-state index in [1.807, 2.05) is 18.0 Å². The highest BCUT2D eigenvalue weighted by atomic mass is 16.3. The van der Waals surface area contributed by atoms with Crippen LogP contribution in [0.1, 0.15) is 24.3 Å². The van der Waals surface area contributed by atoms with Crippen molar-refractivity contribution in [2.45, 2.75) is 19.4 Å². The van der Waals surface area contributed by atoms with Gasteiger partial charge in [0.1, 0.15) is 5.69 Å². The second-order valence-corrected chi connectivity index (χ2v) is 6.06. The van der Waals surface area contributed by atoms with Crippen molar-refractivity contribution in [1.29, 1.82) is 0 Å². The Bertz CT molecular complexity index is 491. The molecule has 0 bridgehead atoms. The molecule has 1 aliphatic rings. The molecule has 6 nitrogen and oxygen atoms in total. The van der Waals surface area contributed by atoms with E-state index in [0.29, 0.717) is 25.3 Å². The number of carbonyl (C=O) groups excluding carboxylic acids is 1. The van der Waals surface area contributed by atoms with Gasteiger partial charge in [0.2, 0.25) is 0 Å². The summed E-state index contributed by atoms with van der Waals surface area (Å²) in [6, 6.07) is 3.60. The van der Waals surface area contributed by atoms with Crippen LogP contribution >= 0.6 is 0 Å². The fourth-order valence-corrected chi connectivity index (χ4v) is 2.52. The van der Waals surface area contributed by atoms with E-state index in [2.05, 4.69) is 15.2 Å². The fourth-order valence-electron chi connectivity index (χ4n) is 2.52. The zero-order valence-corrected chi connectivity index (χ0v) is 13.0. The molecule has 1 aliphatic heterocycles. The Morgan fingerprint density at radius 1 is 1.38 bits per heavy atom. The Morgan fingerprint density at radius 3 is 2.62 bits per heavy atom. The van der Waals surface area contributed by atoms with Crippen LogP contribution in [0.25, 0.3) is 0 Å². The molecule has 1 aromatic rings. The number of hydrogen-bond donors (Lipinski definition) is 2. The van der Waals surface area contributed by atoms with Crippen LogP contribution in [-0.2, 0) is 0 Å². The summed E-state index contributed by atoms with van der Waals surface area (Å²) in [5.74, 6) is -0.0324. The number of nitrogens with one attached hydrogen (secondary N) is 1. The maximum atomic E-state index is 12.4. The molecule has 2 heterocycles. The summed E-state index contributed by atoms with van der Waals surface area (Å²) in [6.45, 7) is 7.13. The molecule has 1 saturated heterocycles. The van der Waals surface area contributed by atoms with E-state index in [1.165, 1.54) is 0 Å². The van der Waals surface area contributed by atoms with Crippen molar-refractivity contribution in [3.63, 3.8) is 0 Å². The molecule has 0 aromatic carbocycles. The molecule has 0 radical (unpaired) electrons. The molecule has 0 saturated carbocycles. The van der Waals surface area contributed by atoms with Crippen molar-refractivity contribution in [3.8, 4) is 0 Å². The molecule has 0 atom stereocenters. The highest BCUT2D eigenvalue weighted by Crippen LogP contribution is 2.13. The molecule has 0 aliphatic carbocycles. The minimum absolute atomic E-state index is 0.0324. The lowest BCUT2D eigenvalue weighted by atomic mass is 10.1. The van der Waals surface area contributed by atoms with Gasteiger partial charge in [-0.1, -0.05) is 0 Å². The first-order valence-corrected chi connectivity index (χ1v) is 7.27. The summed E-state index contributed by atoms with van der Waals surface area (Å²) in [5, 5.41) is 12.9. The van der Waals surface area contributed by atoms with E-state index in [9.17, 15) is 9.90 Å². The number of carbonyl (C=O) groups is 1. The predicted molar refractivity (Wildman–Crippen MR) is 82.4 cm³/mol. The first-order chi connectivity index (χ1) is 9.89. The maximum Gasteiger partial charge on any atom is 0.272 e. The van der Waals surface area contributed by atoms with Crippen LogP contribution in [0.4, 0.5) is 5.69 Å². The van der Waals surface area contributed by atoms with Crippen LogP contribution in [0.5, 0.6) is 0 Å². The van der Waals surface area contributed by atoms with Crippen LogP contribution in [0.15, 0.2) is 18.3 Å². The van der Waals surface area contributed by atoms with Gasteiger partial charge < -0.3 is 15.3 Å². The van der Waals surface area contributed by atoms with Crippen LogP contribution in [0.2, 0.25) is 0 Å². The molecule has 1 aromatic heterocycles. The van der Waals surface area contributed by atoms with Crippen molar-refractivity contribution in [2.75, 3.05) is 45.1 Å². The number of amides is 1. The van der Waals surface area contributed by atoms with E-state index in [0.717, 1.165) is 18.8 Å². The highest BCUT2D eigenvalue weighted by molar-refractivity contribution is 5.93. The zero-order valence-electron chi connectivity index (χ0n) is 13.0. The monoisotopic (exact) mass is 292 g/mol. The van der Waals surface area contributed by atoms with E-state index >= 15 is 0 Å². The summed E-state index contributed by atoms with van der Waals surface area (Å²) in [6.07, 6.45) is 1.64. The van der Waals surface area contributed by atoms with E-state index in [1.54, 1.807) is 26.1 Å². The second kappa shape index (κ2) is 6.41. The van der Waals surface area contributed by atoms with Crippen molar-refractivity contribution in [3.05, 3.63) is 24.0 Å². The third-order valence-electron chi connectivity index (χ3n) is 3.54. The second-order valence-electron chi connectivity index (χ2n) is 6.06. The highest BCUT2D eigenvalue weighted by Gasteiger charge is 2.26. The zero-order chi connectivity index (χ0) is 15.5. The largest absolute Gasteiger partial charge is 0.389 e. The van der Waals surface area contributed by atoms with Gasteiger partial charge in [-0.25, -0.2) is 0 Å². The van der Waals surface area contributed by atoms with Crippen molar-refractivity contribution >= 4 is 11.6 Å². The van der Waals surface area contributed by atoms with E-state index in [4.69, 9.17) is 0 Å². The number of aliphatic hydroxyl groups is 1. The number of hydrogen-bond acceptors (Lipinski definition) is 5. The molecular formula is C15H24N4O2. The van der Waals surface area contributed by atoms with Crippen molar-refractivity contribution < 1.29 is 9.90 Å². The summed E-state index contributed by atoms with van der Waals surface area (Å²) in [7, 11) is 1.82. The fraction of sp³-hybridized carbons (Fsp3) is 0.600.